The molecule has 8 heteroatoms. The molecule has 6 atom stereocenters. The molecule has 0 bridgehead atoms. The third kappa shape index (κ3) is 2.69. The molecule has 3 saturated heterocycles. The van der Waals surface area contributed by atoms with Crippen molar-refractivity contribution in [1.82, 2.24) is 0 Å². The van der Waals surface area contributed by atoms with Gasteiger partial charge in [0.25, 0.3) is 0 Å². The highest BCUT2D eigenvalue weighted by atomic mass is 16.8. The lowest BCUT2D eigenvalue weighted by Crippen LogP contribution is -2.65. The zero-order chi connectivity index (χ0) is 15.9. The minimum atomic E-state index is -1.07. The van der Waals surface area contributed by atoms with Crippen LogP contribution in [0, 0.1) is 5.41 Å². The van der Waals surface area contributed by atoms with E-state index in [1.54, 1.807) is 7.11 Å². The minimum absolute atomic E-state index is 0.000375. The van der Waals surface area contributed by atoms with Crippen molar-refractivity contribution in [1.29, 1.82) is 0 Å². The summed E-state index contributed by atoms with van der Waals surface area (Å²) in [7, 11) is 1.61. The molecular formula is C14H22O8. The Morgan fingerprint density at radius 2 is 2.09 bits per heavy atom. The summed E-state index contributed by atoms with van der Waals surface area (Å²) in [6.07, 6.45) is -3.30. The van der Waals surface area contributed by atoms with Gasteiger partial charge in [-0.1, -0.05) is 13.8 Å². The number of aliphatic hydroxyl groups excluding tert-OH is 1. The smallest absolute Gasteiger partial charge is 0.430 e. The Morgan fingerprint density at radius 3 is 2.73 bits per heavy atom. The van der Waals surface area contributed by atoms with Gasteiger partial charge in [0.1, 0.15) is 24.9 Å². The van der Waals surface area contributed by atoms with E-state index in [1.807, 2.05) is 13.8 Å². The molecule has 3 aliphatic rings. The van der Waals surface area contributed by atoms with Crippen LogP contribution in [0.3, 0.4) is 0 Å². The first-order valence-corrected chi connectivity index (χ1v) is 7.36. The maximum absolute atomic E-state index is 11.1. The Hall–Kier alpha value is -0.930. The maximum Gasteiger partial charge on any atom is 0.508 e. The van der Waals surface area contributed by atoms with E-state index in [0.717, 1.165) is 0 Å². The summed E-state index contributed by atoms with van der Waals surface area (Å²) in [6.45, 7) is 4.21. The van der Waals surface area contributed by atoms with Crippen LogP contribution in [0.15, 0.2) is 0 Å². The van der Waals surface area contributed by atoms with Gasteiger partial charge in [-0.05, 0) is 0 Å². The molecule has 0 spiro atoms. The number of hydrogen-bond donors (Lipinski definition) is 1. The monoisotopic (exact) mass is 318 g/mol. The second kappa shape index (κ2) is 5.93. The second-order valence-electron chi connectivity index (χ2n) is 6.41. The van der Waals surface area contributed by atoms with Gasteiger partial charge in [0.15, 0.2) is 13.1 Å². The van der Waals surface area contributed by atoms with E-state index < -0.39 is 30.1 Å². The molecule has 3 heterocycles. The molecule has 0 saturated carbocycles. The number of methoxy groups -OCH3 is 1. The number of ether oxygens (including phenoxy) is 6. The van der Waals surface area contributed by atoms with E-state index in [0.29, 0.717) is 6.42 Å². The number of rotatable bonds is 3. The number of hydrogen-bond acceptors (Lipinski definition) is 8. The van der Waals surface area contributed by atoms with Crippen LogP contribution in [0.4, 0.5) is 4.79 Å². The quantitative estimate of drug-likeness (QED) is 0.748. The first-order valence-electron chi connectivity index (χ1n) is 7.36. The minimum Gasteiger partial charge on any atom is -0.430 e. The molecular weight excluding hydrogens is 296 g/mol. The van der Waals surface area contributed by atoms with E-state index in [4.69, 9.17) is 28.4 Å². The predicted octanol–water partition coefficient (Wildman–Crippen LogP) is 0.412. The molecule has 0 radical (unpaired) electrons. The molecule has 22 heavy (non-hydrogen) atoms. The normalized spacial score (nSPS) is 44.1. The lowest BCUT2D eigenvalue weighted by atomic mass is 9.72. The molecule has 1 unspecified atom stereocenters. The fraction of sp³-hybridized carbons (Fsp3) is 0.929. The van der Waals surface area contributed by atoms with Gasteiger partial charge in [0, 0.05) is 18.9 Å². The number of carbonyl (C=O) groups is 1. The van der Waals surface area contributed by atoms with Crippen molar-refractivity contribution >= 4 is 6.16 Å². The summed E-state index contributed by atoms with van der Waals surface area (Å²) >= 11 is 0. The molecule has 126 valence electrons. The highest BCUT2D eigenvalue weighted by molar-refractivity contribution is 5.61. The van der Waals surface area contributed by atoms with Crippen molar-refractivity contribution in [3.05, 3.63) is 0 Å². The Kier molecular flexibility index (Phi) is 4.30. The van der Waals surface area contributed by atoms with Crippen LogP contribution in [0.1, 0.15) is 20.3 Å². The Labute approximate surface area is 128 Å². The molecule has 8 nitrogen and oxygen atoms in total. The number of carbonyl (C=O) groups excluding carboxylic acids is 1. The van der Waals surface area contributed by atoms with Gasteiger partial charge in [-0.3, -0.25) is 0 Å². The van der Waals surface area contributed by atoms with Gasteiger partial charge in [0.05, 0.1) is 12.2 Å². The lowest BCUT2D eigenvalue weighted by Gasteiger charge is -2.53. The molecule has 3 aliphatic heterocycles. The van der Waals surface area contributed by atoms with Crippen molar-refractivity contribution in [3.8, 4) is 0 Å². The van der Waals surface area contributed by atoms with E-state index in [-0.39, 0.29) is 31.7 Å². The van der Waals surface area contributed by atoms with E-state index in [1.165, 1.54) is 0 Å². The zero-order valence-corrected chi connectivity index (χ0v) is 12.9. The third-order valence-electron chi connectivity index (χ3n) is 4.67. The average molecular weight is 318 g/mol. The second-order valence-corrected chi connectivity index (χ2v) is 6.41. The van der Waals surface area contributed by atoms with E-state index >= 15 is 0 Å². The van der Waals surface area contributed by atoms with Crippen molar-refractivity contribution in [2.45, 2.75) is 57.1 Å². The Bertz CT molecular complexity index is 425. The summed E-state index contributed by atoms with van der Waals surface area (Å²) in [6, 6.07) is 0. The number of fused-ring (bicyclic) bond motifs is 1. The van der Waals surface area contributed by atoms with E-state index in [2.05, 4.69) is 0 Å². The SMILES string of the molecule is CO[C@@H]1[C@H]2OCOC(O)[C@H]2O[C@H](C[C@H]2COC(=O)O2)C1(C)C. The average Bonchev–Trinajstić information content (AvgIpc) is 2.86. The van der Waals surface area contributed by atoms with Gasteiger partial charge < -0.3 is 33.5 Å². The number of cyclic esters (lactones) is 2. The highest BCUT2D eigenvalue weighted by Gasteiger charge is 2.56. The van der Waals surface area contributed by atoms with E-state index in [9.17, 15) is 9.90 Å². The molecule has 1 N–H and O–H groups in total. The van der Waals surface area contributed by atoms with Gasteiger partial charge in [-0.2, -0.15) is 0 Å². The third-order valence-corrected chi connectivity index (χ3v) is 4.67. The highest BCUT2D eigenvalue weighted by Crippen LogP contribution is 2.43. The van der Waals surface area contributed by atoms with Crippen LogP contribution in [-0.2, 0) is 28.4 Å². The summed E-state index contributed by atoms with van der Waals surface area (Å²) < 4.78 is 32.2. The fourth-order valence-electron chi connectivity index (χ4n) is 3.43. The first kappa shape index (κ1) is 15.9. The largest absolute Gasteiger partial charge is 0.508 e. The van der Waals surface area contributed by atoms with Crippen LogP contribution in [0.2, 0.25) is 0 Å². The lowest BCUT2D eigenvalue weighted by molar-refractivity contribution is -0.361. The summed E-state index contributed by atoms with van der Waals surface area (Å²) in [5.41, 5.74) is -0.401. The summed E-state index contributed by atoms with van der Waals surface area (Å²) in [5, 5.41) is 10.0. The van der Waals surface area contributed by atoms with Gasteiger partial charge in [-0.25, -0.2) is 4.79 Å². The topological polar surface area (TPSA) is 92.7 Å². The Balaban J connectivity index is 1.78. The Morgan fingerprint density at radius 1 is 1.32 bits per heavy atom. The van der Waals surface area contributed by atoms with Gasteiger partial charge >= 0.3 is 6.16 Å². The molecule has 3 rings (SSSR count). The maximum atomic E-state index is 11.1. The van der Waals surface area contributed by atoms with Crippen LogP contribution in [0.5, 0.6) is 0 Å². The summed E-state index contributed by atoms with van der Waals surface area (Å²) in [5.74, 6) is 0. The first-order chi connectivity index (χ1) is 10.4. The van der Waals surface area contributed by atoms with Gasteiger partial charge in [0.2, 0.25) is 0 Å². The molecule has 3 fully saturated rings. The fourth-order valence-corrected chi connectivity index (χ4v) is 3.43. The molecule has 0 aliphatic carbocycles. The number of aliphatic hydroxyl groups is 1. The van der Waals surface area contributed by atoms with Gasteiger partial charge in [-0.15, -0.1) is 0 Å². The molecule has 0 amide bonds. The predicted molar refractivity (Wildman–Crippen MR) is 70.9 cm³/mol. The van der Waals surface area contributed by atoms with Crippen molar-refractivity contribution in [2.75, 3.05) is 20.5 Å². The van der Waals surface area contributed by atoms with Crippen LogP contribution in [0.25, 0.3) is 0 Å². The molecule has 0 aromatic rings. The molecule has 0 aromatic carbocycles. The zero-order valence-electron chi connectivity index (χ0n) is 12.9. The van der Waals surface area contributed by atoms with Crippen molar-refractivity contribution in [2.24, 2.45) is 5.41 Å². The van der Waals surface area contributed by atoms with Crippen LogP contribution >= 0.6 is 0 Å². The van der Waals surface area contributed by atoms with Crippen molar-refractivity contribution in [3.63, 3.8) is 0 Å². The van der Waals surface area contributed by atoms with Crippen LogP contribution in [-0.4, -0.2) is 68.6 Å². The standard InChI is InChI=1S/C14H22O8/c1-14(2)8(4-7-5-18-13(16)21-7)22-10-9(11(14)17-3)19-6-20-12(10)15/h7-12,15H,4-6H2,1-3H3/t7-,8+,9-,10-,11+,12?/m0/s1. The van der Waals surface area contributed by atoms with Crippen molar-refractivity contribution < 1.29 is 38.3 Å². The molecule has 0 aromatic heterocycles. The summed E-state index contributed by atoms with van der Waals surface area (Å²) in [4.78, 5) is 11.1. The van der Waals surface area contributed by atoms with Crippen LogP contribution < -0.4 is 0 Å².